The third kappa shape index (κ3) is 3.06. The van der Waals surface area contributed by atoms with Crippen LogP contribution in [0.3, 0.4) is 0 Å². The Bertz CT molecular complexity index is 129. The largest absolute Gasteiger partial charge is 0.393 e. The van der Waals surface area contributed by atoms with Crippen molar-refractivity contribution in [2.45, 2.75) is 45.1 Å². The van der Waals surface area contributed by atoms with Gasteiger partial charge in [0.15, 0.2) is 0 Å². The van der Waals surface area contributed by atoms with Crippen molar-refractivity contribution in [1.29, 1.82) is 0 Å². The van der Waals surface area contributed by atoms with Crippen LogP contribution in [-0.4, -0.2) is 11.2 Å². The van der Waals surface area contributed by atoms with Crippen LogP contribution in [0, 0.1) is 5.92 Å². The van der Waals surface area contributed by atoms with Crippen molar-refractivity contribution in [2.75, 3.05) is 0 Å². The van der Waals surface area contributed by atoms with E-state index in [2.05, 4.69) is 19.1 Å². The minimum atomic E-state index is -0.0322. The van der Waals surface area contributed by atoms with Crippen molar-refractivity contribution in [2.24, 2.45) is 5.92 Å². The summed E-state index contributed by atoms with van der Waals surface area (Å²) in [5, 5.41) is 9.35. The Morgan fingerprint density at radius 1 is 1.45 bits per heavy atom. The van der Waals surface area contributed by atoms with Gasteiger partial charge in [0, 0.05) is 0 Å². The summed E-state index contributed by atoms with van der Waals surface area (Å²) in [6.07, 6.45) is 10.0. The Balaban J connectivity index is 2.28. The summed E-state index contributed by atoms with van der Waals surface area (Å²) < 4.78 is 0. The van der Waals surface area contributed by atoms with E-state index in [1.54, 1.807) is 0 Å². The molecule has 0 amide bonds. The molecule has 2 atom stereocenters. The second-order valence-electron chi connectivity index (χ2n) is 3.42. The predicted octanol–water partition coefficient (Wildman–Crippen LogP) is 2.50. The van der Waals surface area contributed by atoms with Gasteiger partial charge in [-0.1, -0.05) is 25.5 Å². The van der Waals surface area contributed by atoms with E-state index < -0.39 is 0 Å². The van der Waals surface area contributed by atoms with E-state index in [-0.39, 0.29) is 6.10 Å². The predicted molar refractivity (Wildman–Crippen MR) is 47.4 cm³/mol. The van der Waals surface area contributed by atoms with Gasteiger partial charge in [-0.2, -0.15) is 0 Å². The average Bonchev–Trinajstić information content (AvgIpc) is 2.01. The van der Waals surface area contributed by atoms with Gasteiger partial charge in [0.05, 0.1) is 6.10 Å². The van der Waals surface area contributed by atoms with Gasteiger partial charge >= 0.3 is 0 Å². The topological polar surface area (TPSA) is 20.2 Å². The normalized spacial score (nSPS) is 32.9. The van der Waals surface area contributed by atoms with Crippen molar-refractivity contribution in [3.05, 3.63) is 12.2 Å². The molecule has 1 fully saturated rings. The maximum atomic E-state index is 9.35. The Morgan fingerprint density at radius 2 is 2.27 bits per heavy atom. The van der Waals surface area contributed by atoms with Gasteiger partial charge < -0.3 is 5.11 Å². The van der Waals surface area contributed by atoms with Crippen molar-refractivity contribution < 1.29 is 5.11 Å². The summed E-state index contributed by atoms with van der Waals surface area (Å²) in [5.41, 5.74) is 0. The van der Waals surface area contributed by atoms with Crippen molar-refractivity contribution in [3.63, 3.8) is 0 Å². The SMILES string of the molecule is CCC=CC1CCCC(O)C1. The molecule has 1 rings (SSSR count). The fourth-order valence-corrected chi connectivity index (χ4v) is 1.70. The Labute approximate surface area is 69.1 Å². The molecule has 1 nitrogen and oxygen atoms in total. The van der Waals surface area contributed by atoms with E-state index >= 15 is 0 Å². The third-order valence-electron chi connectivity index (χ3n) is 2.33. The second kappa shape index (κ2) is 4.55. The van der Waals surface area contributed by atoms with Crippen LogP contribution < -0.4 is 0 Å². The van der Waals surface area contributed by atoms with Crippen LogP contribution in [0.2, 0.25) is 0 Å². The minimum absolute atomic E-state index is 0.0322. The first-order valence-electron chi connectivity index (χ1n) is 4.67. The van der Waals surface area contributed by atoms with Crippen LogP contribution in [0.4, 0.5) is 0 Å². The molecule has 2 unspecified atom stereocenters. The summed E-state index contributed by atoms with van der Waals surface area (Å²) in [6.45, 7) is 2.15. The first-order chi connectivity index (χ1) is 5.33. The van der Waals surface area contributed by atoms with Crippen LogP contribution in [-0.2, 0) is 0 Å². The molecule has 0 heterocycles. The van der Waals surface area contributed by atoms with Crippen LogP contribution >= 0.6 is 0 Å². The molecule has 0 spiro atoms. The van der Waals surface area contributed by atoms with Gasteiger partial charge in [0.2, 0.25) is 0 Å². The molecule has 0 aromatic heterocycles. The summed E-state index contributed by atoms with van der Waals surface area (Å²) >= 11 is 0. The highest BCUT2D eigenvalue weighted by Crippen LogP contribution is 2.24. The monoisotopic (exact) mass is 154 g/mol. The maximum Gasteiger partial charge on any atom is 0.0545 e. The lowest BCUT2D eigenvalue weighted by Crippen LogP contribution is -2.17. The summed E-state index contributed by atoms with van der Waals surface area (Å²) in [6, 6.07) is 0. The minimum Gasteiger partial charge on any atom is -0.393 e. The molecule has 0 radical (unpaired) electrons. The molecule has 1 N–H and O–H groups in total. The molecule has 1 heteroatoms. The molecule has 0 aromatic carbocycles. The van der Waals surface area contributed by atoms with Crippen LogP contribution in [0.25, 0.3) is 0 Å². The molecule has 11 heavy (non-hydrogen) atoms. The lowest BCUT2D eigenvalue weighted by atomic mass is 9.87. The first-order valence-corrected chi connectivity index (χ1v) is 4.67. The van der Waals surface area contributed by atoms with Crippen LogP contribution in [0.5, 0.6) is 0 Å². The van der Waals surface area contributed by atoms with E-state index in [0.29, 0.717) is 5.92 Å². The van der Waals surface area contributed by atoms with Crippen molar-refractivity contribution in [1.82, 2.24) is 0 Å². The van der Waals surface area contributed by atoms with Gasteiger partial charge in [-0.15, -0.1) is 0 Å². The number of hydrogen-bond donors (Lipinski definition) is 1. The zero-order chi connectivity index (χ0) is 8.10. The standard InChI is InChI=1S/C10H18O/c1-2-3-5-9-6-4-7-10(11)8-9/h3,5,9-11H,2,4,6-8H2,1H3. The van der Waals surface area contributed by atoms with Gasteiger partial charge in [0.25, 0.3) is 0 Å². The molecule has 1 saturated carbocycles. The van der Waals surface area contributed by atoms with Crippen molar-refractivity contribution in [3.8, 4) is 0 Å². The fraction of sp³-hybridized carbons (Fsp3) is 0.800. The number of rotatable bonds is 2. The van der Waals surface area contributed by atoms with Crippen LogP contribution in [0.15, 0.2) is 12.2 Å². The zero-order valence-electron chi connectivity index (χ0n) is 7.29. The molecule has 0 aromatic rings. The average molecular weight is 154 g/mol. The van der Waals surface area contributed by atoms with Crippen molar-refractivity contribution >= 4 is 0 Å². The molecule has 0 saturated heterocycles. The summed E-state index contributed by atoms with van der Waals surface area (Å²) in [7, 11) is 0. The summed E-state index contributed by atoms with van der Waals surface area (Å²) in [5.74, 6) is 0.652. The van der Waals surface area contributed by atoms with Gasteiger partial charge in [0.1, 0.15) is 0 Å². The lowest BCUT2D eigenvalue weighted by Gasteiger charge is -2.22. The number of allylic oxidation sites excluding steroid dienone is 2. The number of aliphatic hydroxyl groups is 1. The van der Waals surface area contributed by atoms with E-state index in [9.17, 15) is 5.11 Å². The van der Waals surface area contributed by atoms with Crippen LogP contribution in [0.1, 0.15) is 39.0 Å². The Morgan fingerprint density at radius 3 is 2.91 bits per heavy atom. The Hall–Kier alpha value is -0.300. The highest BCUT2D eigenvalue weighted by atomic mass is 16.3. The number of aliphatic hydroxyl groups excluding tert-OH is 1. The second-order valence-corrected chi connectivity index (χ2v) is 3.42. The lowest BCUT2D eigenvalue weighted by molar-refractivity contribution is 0.113. The fourth-order valence-electron chi connectivity index (χ4n) is 1.70. The smallest absolute Gasteiger partial charge is 0.0545 e. The molecule has 64 valence electrons. The van der Waals surface area contributed by atoms with Gasteiger partial charge in [-0.25, -0.2) is 0 Å². The Kier molecular flexibility index (Phi) is 3.64. The maximum absolute atomic E-state index is 9.35. The first kappa shape index (κ1) is 8.79. The highest BCUT2D eigenvalue weighted by Gasteiger charge is 2.17. The molecule has 1 aliphatic rings. The quantitative estimate of drug-likeness (QED) is 0.606. The number of hydrogen-bond acceptors (Lipinski definition) is 1. The highest BCUT2D eigenvalue weighted by molar-refractivity contribution is 4.90. The van der Waals surface area contributed by atoms with Gasteiger partial charge in [-0.3, -0.25) is 0 Å². The van der Waals surface area contributed by atoms with Gasteiger partial charge in [-0.05, 0) is 31.6 Å². The third-order valence-corrected chi connectivity index (χ3v) is 2.33. The summed E-state index contributed by atoms with van der Waals surface area (Å²) in [4.78, 5) is 0. The molecular formula is C10H18O. The molecule has 0 bridgehead atoms. The zero-order valence-corrected chi connectivity index (χ0v) is 7.29. The van der Waals surface area contributed by atoms with E-state index in [0.717, 1.165) is 19.3 Å². The molecule has 0 aliphatic heterocycles. The molecular weight excluding hydrogens is 136 g/mol. The van der Waals surface area contributed by atoms with E-state index in [4.69, 9.17) is 0 Å². The van der Waals surface area contributed by atoms with E-state index in [1.165, 1.54) is 12.8 Å². The van der Waals surface area contributed by atoms with E-state index in [1.807, 2.05) is 0 Å². The molecule has 1 aliphatic carbocycles.